The third-order valence-corrected chi connectivity index (χ3v) is 10.2. The van der Waals surface area contributed by atoms with Crippen LogP contribution in [0.5, 0.6) is 0 Å². The minimum atomic E-state index is -0.200. The number of thiophene rings is 1. The third-order valence-electron chi connectivity index (χ3n) is 8.82. The Hall–Kier alpha value is -2.55. The zero-order valence-electron chi connectivity index (χ0n) is 20.5. The molecule has 2 aliphatic carbocycles. The summed E-state index contributed by atoms with van der Waals surface area (Å²) in [7, 11) is 0. The van der Waals surface area contributed by atoms with Crippen molar-refractivity contribution in [2.24, 2.45) is 22.7 Å². The molecule has 7 nitrogen and oxygen atoms in total. The molecule has 2 saturated carbocycles. The number of anilines is 1. The number of hydrogen-bond donors (Lipinski definition) is 2. The molecule has 36 heavy (non-hydrogen) atoms. The van der Waals surface area contributed by atoms with Gasteiger partial charge in [0.2, 0.25) is 11.8 Å². The maximum atomic E-state index is 12.9. The number of hydrogen-bond acceptors (Lipinski definition) is 7. The van der Waals surface area contributed by atoms with Crippen molar-refractivity contribution in [1.82, 2.24) is 20.2 Å². The summed E-state index contributed by atoms with van der Waals surface area (Å²) in [6, 6.07) is 6.30. The Morgan fingerprint density at radius 1 is 1.19 bits per heavy atom. The minimum Gasteiger partial charge on any atom is -0.380 e. The molecular formula is C27H28ClN5O2S. The monoisotopic (exact) mass is 521 g/mol. The van der Waals surface area contributed by atoms with Gasteiger partial charge < -0.3 is 10.6 Å². The van der Waals surface area contributed by atoms with Gasteiger partial charge >= 0.3 is 0 Å². The van der Waals surface area contributed by atoms with Gasteiger partial charge in [0.1, 0.15) is 5.15 Å². The number of amides is 2. The Bertz CT molecular complexity index is 1430. The normalized spacial score (nSPS) is 27.2. The number of rotatable bonds is 5. The molecule has 2 aliphatic heterocycles. The average molecular weight is 522 g/mol. The fraction of sp³-hybridized carbons (Fsp3) is 0.481. The van der Waals surface area contributed by atoms with Gasteiger partial charge in [-0.3, -0.25) is 19.5 Å². The number of halogens is 1. The van der Waals surface area contributed by atoms with Crippen molar-refractivity contribution in [3.8, 4) is 11.3 Å². The predicted octanol–water partition coefficient (Wildman–Crippen LogP) is 4.63. The number of aryl methyl sites for hydroxylation is 1. The van der Waals surface area contributed by atoms with Gasteiger partial charge in [-0.25, -0.2) is 4.98 Å². The quantitative estimate of drug-likeness (QED) is 0.376. The lowest BCUT2D eigenvalue weighted by atomic mass is 9.61. The molecule has 2 atom stereocenters. The van der Waals surface area contributed by atoms with Crippen LogP contribution in [0.2, 0.25) is 5.15 Å². The molecular weight excluding hydrogens is 494 g/mol. The van der Waals surface area contributed by atoms with Crippen molar-refractivity contribution in [1.29, 1.82) is 0 Å². The van der Waals surface area contributed by atoms with E-state index in [1.54, 1.807) is 17.5 Å². The maximum absolute atomic E-state index is 12.9. The topological polar surface area (TPSA) is 87.2 Å². The minimum absolute atomic E-state index is 0.0424. The van der Waals surface area contributed by atoms with Gasteiger partial charge in [-0.05, 0) is 54.4 Å². The molecule has 1 spiro atoms. The number of likely N-dealkylation sites (tertiary alicyclic amines) is 1. The molecule has 5 heterocycles. The fourth-order valence-corrected chi connectivity index (χ4v) is 8.00. The molecule has 3 aromatic heterocycles. The highest BCUT2D eigenvalue weighted by atomic mass is 35.5. The largest absolute Gasteiger partial charge is 0.380 e. The first-order valence-electron chi connectivity index (χ1n) is 12.5. The second-order valence-electron chi connectivity index (χ2n) is 11.7. The van der Waals surface area contributed by atoms with Gasteiger partial charge in [0.15, 0.2) is 0 Å². The third kappa shape index (κ3) is 3.20. The highest BCUT2D eigenvalue weighted by molar-refractivity contribution is 7.19. The number of piperidine rings is 1. The zero-order chi connectivity index (χ0) is 25.0. The summed E-state index contributed by atoms with van der Waals surface area (Å²) < 4.78 is 0.988. The van der Waals surface area contributed by atoms with E-state index in [4.69, 9.17) is 16.6 Å². The van der Waals surface area contributed by atoms with E-state index in [-0.39, 0.29) is 29.1 Å². The first-order valence-corrected chi connectivity index (χ1v) is 13.7. The van der Waals surface area contributed by atoms with Crippen LogP contribution >= 0.6 is 22.9 Å². The van der Waals surface area contributed by atoms with Gasteiger partial charge in [0.05, 0.1) is 40.0 Å². The Balaban J connectivity index is 1.21. The molecule has 2 unspecified atom stereocenters. The molecule has 3 aromatic rings. The number of carbonyl (C=O) groups excluding carboxylic acids is 2. The predicted molar refractivity (Wildman–Crippen MR) is 141 cm³/mol. The first kappa shape index (κ1) is 22.6. The lowest BCUT2D eigenvalue weighted by Gasteiger charge is -2.54. The fourth-order valence-electron chi connectivity index (χ4n) is 6.64. The molecule has 9 heteroatoms. The lowest BCUT2D eigenvalue weighted by molar-refractivity contribution is -0.143. The molecule has 4 aliphatic rings. The van der Waals surface area contributed by atoms with Gasteiger partial charge in [-0.2, -0.15) is 0 Å². The summed E-state index contributed by atoms with van der Waals surface area (Å²) in [6.07, 6.45) is 4.11. The summed E-state index contributed by atoms with van der Waals surface area (Å²) in [5.74, 6) is -0.415. The van der Waals surface area contributed by atoms with Crippen molar-refractivity contribution in [3.63, 3.8) is 0 Å². The van der Waals surface area contributed by atoms with Crippen molar-refractivity contribution in [3.05, 3.63) is 40.0 Å². The SMILES string of the molecule is Cc1cc(Cl)nc(-c2ccnc3cc(CN4C(=O)C5C(C4=O)C5(C)C)sc23)c1NC1CC2(CNC2)C1. The van der Waals surface area contributed by atoms with E-state index in [0.717, 1.165) is 63.5 Å². The second-order valence-corrected chi connectivity index (χ2v) is 13.2. The van der Waals surface area contributed by atoms with Gasteiger partial charge in [-0.15, -0.1) is 11.3 Å². The number of pyridine rings is 2. The lowest BCUT2D eigenvalue weighted by Crippen LogP contribution is -2.63. The summed E-state index contributed by atoms with van der Waals surface area (Å²) in [4.78, 5) is 37.4. The molecule has 2 saturated heterocycles. The van der Waals surface area contributed by atoms with Crippen LogP contribution in [0.25, 0.3) is 21.5 Å². The van der Waals surface area contributed by atoms with Crippen molar-refractivity contribution >= 4 is 50.7 Å². The van der Waals surface area contributed by atoms with E-state index >= 15 is 0 Å². The summed E-state index contributed by atoms with van der Waals surface area (Å²) in [5.41, 5.74) is 4.98. The molecule has 4 fully saturated rings. The number of fused-ring (bicyclic) bond motifs is 2. The van der Waals surface area contributed by atoms with Crippen molar-refractivity contribution < 1.29 is 9.59 Å². The molecule has 186 valence electrons. The Labute approximate surface area is 218 Å². The van der Waals surface area contributed by atoms with Crippen molar-refractivity contribution in [2.75, 3.05) is 18.4 Å². The Morgan fingerprint density at radius 2 is 1.92 bits per heavy atom. The molecule has 0 aromatic carbocycles. The zero-order valence-corrected chi connectivity index (χ0v) is 22.1. The smallest absolute Gasteiger partial charge is 0.234 e. The maximum Gasteiger partial charge on any atom is 0.234 e. The number of carbonyl (C=O) groups is 2. The van der Waals surface area contributed by atoms with Crippen LogP contribution in [0.3, 0.4) is 0 Å². The van der Waals surface area contributed by atoms with Gasteiger partial charge in [-0.1, -0.05) is 25.4 Å². The van der Waals surface area contributed by atoms with Crippen LogP contribution in [0.1, 0.15) is 37.1 Å². The van der Waals surface area contributed by atoms with Crippen LogP contribution in [0.15, 0.2) is 24.4 Å². The van der Waals surface area contributed by atoms with Crippen LogP contribution in [0, 0.1) is 29.6 Å². The van der Waals surface area contributed by atoms with Gasteiger partial charge in [0.25, 0.3) is 0 Å². The standard InChI is InChI=1S/C27H28ClN5O2S/c1-13-6-18(28)32-22(21(13)31-14-8-27(9-14)11-29-12-27)16-4-5-30-17-7-15(36-23(16)17)10-33-24(34)19-20(25(33)35)26(19,2)3/h4-7,14,19-20,29,31H,8-12H2,1-3H3. The molecule has 0 bridgehead atoms. The van der Waals surface area contributed by atoms with Crippen LogP contribution < -0.4 is 10.6 Å². The van der Waals surface area contributed by atoms with E-state index in [0.29, 0.717) is 23.2 Å². The average Bonchev–Trinajstić information content (AvgIpc) is 3.01. The van der Waals surface area contributed by atoms with Crippen LogP contribution in [-0.4, -0.2) is 45.8 Å². The Morgan fingerprint density at radius 3 is 2.58 bits per heavy atom. The highest BCUT2D eigenvalue weighted by Crippen LogP contribution is 2.63. The van der Waals surface area contributed by atoms with Crippen LogP contribution in [0.4, 0.5) is 5.69 Å². The van der Waals surface area contributed by atoms with Crippen molar-refractivity contribution in [2.45, 2.75) is 46.2 Å². The van der Waals surface area contributed by atoms with E-state index < -0.39 is 0 Å². The molecule has 0 radical (unpaired) electrons. The number of imide groups is 1. The summed E-state index contributed by atoms with van der Waals surface area (Å²) >= 11 is 8.00. The summed E-state index contributed by atoms with van der Waals surface area (Å²) in [5, 5.41) is 7.62. The van der Waals surface area contributed by atoms with E-state index in [2.05, 4.69) is 22.5 Å². The van der Waals surface area contributed by atoms with Crippen LogP contribution in [-0.2, 0) is 16.1 Å². The van der Waals surface area contributed by atoms with Gasteiger partial charge in [0, 0.05) is 35.8 Å². The first-order chi connectivity index (χ1) is 17.2. The molecule has 2 amide bonds. The van der Waals surface area contributed by atoms with E-state index in [1.165, 1.54) is 4.90 Å². The number of nitrogens with zero attached hydrogens (tertiary/aromatic N) is 3. The molecule has 7 rings (SSSR count). The van der Waals surface area contributed by atoms with E-state index in [9.17, 15) is 9.59 Å². The highest BCUT2D eigenvalue weighted by Gasteiger charge is 2.72. The summed E-state index contributed by atoms with van der Waals surface area (Å²) in [6.45, 7) is 8.59. The second kappa shape index (κ2) is 7.49. The van der Waals surface area contributed by atoms with E-state index in [1.807, 2.05) is 32.0 Å². The number of nitrogens with one attached hydrogen (secondary N) is 2. The number of aromatic nitrogens is 2. The Kier molecular flexibility index (Phi) is 4.71. The molecule has 2 N–H and O–H groups in total.